The fraction of sp³-hybridized carbons (Fsp3) is 0.533. The van der Waals surface area contributed by atoms with Gasteiger partial charge in [-0.25, -0.2) is 4.79 Å². The first-order valence-electron chi connectivity index (χ1n) is 6.60. The molecule has 1 rings (SSSR count). The fourth-order valence-corrected chi connectivity index (χ4v) is 2.09. The SMILES string of the molecule is CCN(Cc1ccc(C(=O)O)c(OC)c1)CC(C)C. The van der Waals surface area contributed by atoms with Crippen LogP contribution in [0.2, 0.25) is 0 Å². The number of benzene rings is 1. The lowest BCUT2D eigenvalue weighted by Gasteiger charge is -2.22. The highest BCUT2D eigenvalue weighted by Gasteiger charge is 2.13. The third kappa shape index (κ3) is 4.56. The highest BCUT2D eigenvalue weighted by atomic mass is 16.5. The smallest absolute Gasteiger partial charge is 0.339 e. The van der Waals surface area contributed by atoms with Crippen molar-refractivity contribution in [1.29, 1.82) is 0 Å². The molecule has 0 aliphatic carbocycles. The lowest BCUT2D eigenvalue weighted by Crippen LogP contribution is -2.27. The fourth-order valence-electron chi connectivity index (χ4n) is 2.09. The van der Waals surface area contributed by atoms with E-state index < -0.39 is 5.97 Å². The van der Waals surface area contributed by atoms with Gasteiger partial charge in [-0.3, -0.25) is 4.90 Å². The van der Waals surface area contributed by atoms with E-state index in [9.17, 15) is 4.79 Å². The molecule has 0 fully saturated rings. The Labute approximate surface area is 115 Å². The number of rotatable bonds is 7. The molecule has 0 bridgehead atoms. The largest absolute Gasteiger partial charge is 0.496 e. The molecule has 0 aliphatic rings. The second kappa shape index (κ2) is 7.14. The number of carbonyl (C=O) groups is 1. The van der Waals surface area contributed by atoms with Crippen LogP contribution in [0.5, 0.6) is 5.75 Å². The lowest BCUT2D eigenvalue weighted by atomic mass is 10.1. The summed E-state index contributed by atoms with van der Waals surface area (Å²) in [5.41, 5.74) is 1.28. The van der Waals surface area contributed by atoms with E-state index in [-0.39, 0.29) is 5.56 Å². The number of hydrogen-bond donors (Lipinski definition) is 1. The first-order valence-corrected chi connectivity index (χ1v) is 6.60. The van der Waals surface area contributed by atoms with Gasteiger partial charge in [0.25, 0.3) is 0 Å². The maximum absolute atomic E-state index is 11.0. The molecule has 19 heavy (non-hydrogen) atoms. The molecule has 0 atom stereocenters. The number of carboxylic acids is 1. The van der Waals surface area contributed by atoms with Crippen LogP contribution >= 0.6 is 0 Å². The number of ether oxygens (including phenoxy) is 1. The summed E-state index contributed by atoms with van der Waals surface area (Å²) in [6, 6.07) is 5.28. The number of nitrogens with zero attached hydrogens (tertiary/aromatic N) is 1. The second-order valence-electron chi connectivity index (χ2n) is 5.06. The maximum Gasteiger partial charge on any atom is 0.339 e. The summed E-state index contributed by atoms with van der Waals surface area (Å²) < 4.78 is 5.14. The van der Waals surface area contributed by atoms with Gasteiger partial charge in [-0.15, -0.1) is 0 Å². The van der Waals surface area contributed by atoms with Gasteiger partial charge in [0, 0.05) is 13.1 Å². The molecule has 0 spiro atoms. The molecule has 0 radical (unpaired) electrons. The monoisotopic (exact) mass is 265 g/mol. The molecule has 0 aliphatic heterocycles. The predicted molar refractivity (Wildman–Crippen MR) is 75.7 cm³/mol. The van der Waals surface area contributed by atoms with E-state index in [0.29, 0.717) is 11.7 Å². The van der Waals surface area contributed by atoms with Gasteiger partial charge in [0.15, 0.2) is 0 Å². The molecule has 0 saturated heterocycles. The summed E-state index contributed by atoms with van der Waals surface area (Å²) in [7, 11) is 1.50. The Morgan fingerprint density at radius 2 is 2.11 bits per heavy atom. The van der Waals surface area contributed by atoms with Crippen LogP contribution in [0.25, 0.3) is 0 Å². The van der Waals surface area contributed by atoms with Crippen molar-refractivity contribution in [3.8, 4) is 5.75 Å². The molecule has 0 aromatic heterocycles. The van der Waals surface area contributed by atoms with E-state index in [2.05, 4.69) is 25.7 Å². The van der Waals surface area contributed by atoms with Crippen LogP contribution in [0.15, 0.2) is 18.2 Å². The quantitative estimate of drug-likeness (QED) is 0.823. The lowest BCUT2D eigenvalue weighted by molar-refractivity contribution is 0.0693. The van der Waals surface area contributed by atoms with Crippen LogP contribution in [0.1, 0.15) is 36.7 Å². The third-order valence-corrected chi connectivity index (χ3v) is 2.97. The molecule has 0 heterocycles. The van der Waals surface area contributed by atoms with E-state index in [1.807, 2.05) is 12.1 Å². The van der Waals surface area contributed by atoms with Crippen LogP contribution < -0.4 is 4.74 Å². The zero-order valence-corrected chi connectivity index (χ0v) is 12.1. The van der Waals surface area contributed by atoms with Crippen molar-refractivity contribution in [2.75, 3.05) is 20.2 Å². The van der Waals surface area contributed by atoms with Crippen molar-refractivity contribution in [3.63, 3.8) is 0 Å². The molecule has 1 aromatic rings. The Morgan fingerprint density at radius 3 is 2.58 bits per heavy atom. The number of hydrogen-bond acceptors (Lipinski definition) is 3. The predicted octanol–water partition coefficient (Wildman–Crippen LogP) is 2.87. The summed E-state index contributed by atoms with van der Waals surface area (Å²) >= 11 is 0. The average Bonchev–Trinajstić information content (AvgIpc) is 2.36. The van der Waals surface area contributed by atoms with Gasteiger partial charge in [0.2, 0.25) is 0 Å². The normalized spacial score (nSPS) is 11.1. The van der Waals surface area contributed by atoms with Crippen LogP contribution in [0, 0.1) is 5.92 Å². The molecule has 0 amide bonds. The van der Waals surface area contributed by atoms with Gasteiger partial charge in [0.1, 0.15) is 11.3 Å². The van der Waals surface area contributed by atoms with Crippen LogP contribution in [0.3, 0.4) is 0 Å². The van der Waals surface area contributed by atoms with Crippen molar-refractivity contribution in [1.82, 2.24) is 4.90 Å². The van der Waals surface area contributed by atoms with E-state index in [0.717, 1.165) is 25.2 Å². The molecule has 1 N–H and O–H groups in total. The molecular formula is C15H23NO3. The third-order valence-electron chi connectivity index (χ3n) is 2.97. The van der Waals surface area contributed by atoms with E-state index in [1.165, 1.54) is 7.11 Å². The van der Waals surface area contributed by atoms with Crippen molar-refractivity contribution < 1.29 is 14.6 Å². The standard InChI is InChI=1S/C15H23NO3/c1-5-16(9-11(2)3)10-12-6-7-13(15(17)18)14(8-12)19-4/h6-8,11H,5,9-10H2,1-4H3,(H,17,18). The Bertz CT molecular complexity index is 429. The average molecular weight is 265 g/mol. The van der Waals surface area contributed by atoms with Crippen LogP contribution in [-0.4, -0.2) is 36.2 Å². The highest BCUT2D eigenvalue weighted by Crippen LogP contribution is 2.21. The molecule has 106 valence electrons. The molecule has 1 aromatic carbocycles. The maximum atomic E-state index is 11.0. The Morgan fingerprint density at radius 1 is 1.42 bits per heavy atom. The summed E-state index contributed by atoms with van der Waals surface area (Å²) in [5.74, 6) is 0.0728. The molecule has 0 saturated carbocycles. The van der Waals surface area contributed by atoms with Crippen LogP contribution in [0.4, 0.5) is 0 Å². The minimum atomic E-state index is -0.960. The first-order chi connectivity index (χ1) is 8.97. The summed E-state index contributed by atoms with van der Waals surface area (Å²) in [6.45, 7) is 9.32. The summed E-state index contributed by atoms with van der Waals surface area (Å²) in [6.07, 6.45) is 0. The molecule has 4 heteroatoms. The molecular weight excluding hydrogens is 242 g/mol. The number of methoxy groups -OCH3 is 1. The Kier molecular flexibility index (Phi) is 5.83. The van der Waals surface area contributed by atoms with E-state index >= 15 is 0 Å². The minimum absolute atomic E-state index is 0.207. The molecule has 4 nitrogen and oxygen atoms in total. The Balaban J connectivity index is 2.87. The zero-order valence-electron chi connectivity index (χ0n) is 12.1. The number of aromatic carboxylic acids is 1. The van der Waals surface area contributed by atoms with Gasteiger partial charge in [0.05, 0.1) is 7.11 Å². The van der Waals surface area contributed by atoms with Gasteiger partial charge >= 0.3 is 5.97 Å². The highest BCUT2D eigenvalue weighted by molar-refractivity contribution is 5.90. The van der Waals surface area contributed by atoms with Gasteiger partial charge < -0.3 is 9.84 Å². The number of carboxylic acid groups (broad SMARTS) is 1. The van der Waals surface area contributed by atoms with E-state index in [1.54, 1.807) is 6.07 Å². The summed E-state index contributed by atoms with van der Waals surface area (Å²) in [4.78, 5) is 13.4. The first kappa shape index (κ1) is 15.5. The van der Waals surface area contributed by atoms with Gasteiger partial charge in [-0.05, 0) is 30.2 Å². The zero-order chi connectivity index (χ0) is 14.4. The van der Waals surface area contributed by atoms with Gasteiger partial charge in [-0.2, -0.15) is 0 Å². The van der Waals surface area contributed by atoms with E-state index in [4.69, 9.17) is 9.84 Å². The topological polar surface area (TPSA) is 49.8 Å². The van der Waals surface area contributed by atoms with Gasteiger partial charge in [-0.1, -0.05) is 26.8 Å². The Hall–Kier alpha value is -1.55. The second-order valence-corrected chi connectivity index (χ2v) is 5.06. The summed E-state index contributed by atoms with van der Waals surface area (Å²) in [5, 5.41) is 9.04. The molecule has 0 unspecified atom stereocenters. The van der Waals surface area contributed by atoms with Crippen molar-refractivity contribution in [3.05, 3.63) is 29.3 Å². The van der Waals surface area contributed by atoms with Crippen LogP contribution in [-0.2, 0) is 6.54 Å². The minimum Gasteiger partial charge on any atom is -0.496 e. The van der Waals surface area contributed by atoms with Crippen molar-refractivity contribution in [2.24, 2.45) is 5.92 Å². The van der Waals surface area contributed by atoms with Crippen molar-refractivity contribution in [2.45, 2.75) is 27.3 Å². The van der Waals surface area contributed by atoms with Crippen molar-refractivity contribution >= 4 is 5.97 Å².